The van der Waals surface area contributed by atoms with Gasteiger partial charge in [0.1, 0.15) is 11.6 Å². The van der Waals surface area contributed by atoms with Crippen molar-refractivity contribution < 1.29 is 9.59 Å². The van der Waals surface area contributed by atoms with Gasteiger partial charge >= 0.3 is 0 Å². The van der Waals surface area contributed by atoms with Gasteiger partial charge in [0.15, 0.2) is 16.1 Å². The van der Waals surface area contributed by atoms with E-state index in [2.05, 4.69) is 31.4 Å². The Morgan fingerprint density at radius 3 is 2.69 bits per heavy atom. The molecular formula is C25H19N7O2S2. The van der Waals surface area contributed by atoms with Crippen LogP contribution in [0.15, 0.2) is 58.8 Å². The van der Waals surface area contributed by atoms with Crippen molar-refractivity contribution in [3.8, 4) is 17.3 Å². The molecule has 0 radical (unpaired) electrons. The normalized spacial score (nSPS) is 13.1. The molecule has 36 heavy (non-hydrogen) atoms. The van der Waals surface area contributed by atoms with E-state index in [-0.39, 0.29) is 40.5 Å². The second kappa shape index (κ2) is 9.85. The maximum Gasteiger partial charge on any atom is 0.254 e. The number of amides is 2. The maximum absolute atomic E-state index is 12.7. The van der Waals surface area contributed by atoms with Crippen molar-refractivity contribution in [2.75, 3.05) is 16.1 Å². The molecule has 1 aliphatic rings. The lowest BCUT2D eigenvalue weighted by molar-refractivity contribution is -0.117. The van der Waals surface area contributed by atoms with E-state index in [1.807, 2.05) is 55.5 Å². The lowest BCUT2D eigenvalue weighted by atomic mass is 10.1. The summed E-state index contributed by atoms with van der Waals surface area (Å²) in [6.07, 6.45) is 0.155. The zero-order valence-corrected chi connectivity index (χ0v) is 21.0. The van der Waals surface area contributed by atoms with Crippen LogP contribution >= 0.6 is 23.1 Å². The molecule has 178 valence electrons. The Labute approximate surface area is 214 Å². The molecular weight excluding hydrogens is 494 g/mol. The molecule has 0 fully saturated rings. The fraction of sp³-hybridized carbons (Fsp3) is 0.160. The molecule has 0 atom stereocenters. The summed E-state index contributed by atoms with van der Waals surface area (Å²) in [4.78, 5) is 38.7. The first-order chi connectivity index (χ1) is 17.4. The Morgan fingerprint density at radius 2 is 1.97 bits per heavy atom. The topological polar surface area (TPSA) is 124 Å². The fourth-order valence-electron chi connectivity index (χ4n) is 3.65. The second-order valence-corrected chi connectivity index (χ2v) is 10.0. The van der Waals surface area contributed by atoms with Gasteiger partial charge in [0.05, 0.1) is 28.1 Å². The molecule has 2 aromatic heterocycles. The van der Waals surface area contributed by atoms with Crippen LogP contribution in [0.25, 0.3) is 21.5 Å². The van der Waals surface area contributed by atoms with Crippen LogP contribution in [-0.4, -0.2) is 38.2 Å². The molecule has 0 bridgehead atoms. The summed E-state index contributed by atoms with van der Waals surface area (Å²) in [5.74, 6) is -0.415. The standard InChI is InChI=1S/C25H19N7O2S2/c1-14-8-9-18-19(10-14)36-25(27-18)28-20(33)13-35-24-29-22(16-6-4-3-5-7-16)17(12-26)23(30-24)32-21(34)11-15(2)31-32/h3-10H,11,13H2,1-2H3,(H,27,28,33). The number of hydrogen-bond acceptors (Lipinski definition) is 9. The lowest BCUT2D eigenvalue weighted by Crippen LogP contribution is -2.23. The molecule has 11 heteroatoms. The number of nitriles is 1. The summed E-state index contributed by atoms with van der Waals surface area (Å²) in [6.45, 7) is 3.75. The van der Waals surface area contributed by atoms with Gasteiger partial charge in [-0.25, -0.2) is 15.0 Å². The highest BCUT2D eigenvalue weighted by atomic mass is 32.2. The van der Waals surface area contributed by atoms with E-state index in [1.165, 1.54) is 11.3 Å². The van der Waals surface area contributed by atoms with Crippen LogP contribution < -0.4 is 10.3 Å². The number of aryl methyl sites for hydroxylation is 1. The molecule has 3 heterocycles. The third-order valence-corrected chi connectivity index (χ3v) is 7.05. The fourth-order valence-corrected chi connectivity index (χ4v) is 5.27. The highest BCUT2D eigenvalue weighted by molar-refractivity contribution is 7.99. The van der Waals surface area contributed by atoms with E-state index in [9.17, 15) is 14.9 Å². The largest absolute Gasteiger partial charge is 0.301 e. The monoisotopic (exact) mass is 513 g/mol. The summed E-state index contributed by atoms with van der Waals surface area (Å²) in [5, 5.41) is 18.9. The van der Waals surface area contributed by atoms with Crippen molar-refractivity contribution in [1.82, 2.24) is 15.0 Å². The van der Waals surface area contributed by atoms with Crippen molar-refractivity contribution in [2.45, 2.75) is 25.4 Å². The van der Waals surface area contributed by atoms with Gasteiger partial charge in [0.2, 0.25) is 5.91 Å². The molecule has 0 unspecified atom stereocenters. The van der Waals surface area contributed by atoms with Gasteiger partial charge in [0.25, 0.3) is 5.91 Å². The number of fused-ring (bicyclic) bond motifs is 1. The van der Waals surface area contributed by atoms with Crippen molar-refractivity contribution in [2.24, 2.45) is 5.10 Å². The maximum atomic E-state index is 12.7. The molecule has 2 aromatic carbocycles. The number of carbonyl (C=O) groups is 2. The summed E-state index contributed by atoms with van der Waals surface area (Å²) in [6, 6.07) is 17.2. The molecule has 0 saturated heterocycles. The summed E-state index contributed by atoms with van der Waals surface area (Å²) in [7, 11) is 0. The summed E-state index contributed by atoms with van der Waals surface area (Å²) < 4.78 is 0.997. The molecule has 1 aliphatic heterocycles. The van der Waals surface area contributed by atoms with Gasteiger partial charge in [-0.15, -0.1) is 0 Å². The minimum absolute atomic E-state index is 0.0186. The van der Waals surface area contributed by atoms with Crippen LogP contribution in [0.2, 0.25) is 0 Å². The molecule has 1 N–H and O–H groups in total. The molecule has 0 spiro atoms. The van der Waals surface area contributed by atoms with Gasteiger partial charge in [-0.2, -0.15) is 15.4 Å². The van der Waals surface area contributed by atoms with E-state index in [0.717, 1.165) is 32.6 Å². The van der Waals surface area contributed by atoms with E-state index < -0.39 is 0 Å². The number of benzene rings is 2. The van der Waals surface area contributed by atoms with E-state index in [4.69, 9.17) is 0 Å². The second-order valence-electron chi connectivity index (χ2n) is 8.08. The third-order valence-electron chi connectivity index (χ3n) is 5.27. The number of aromatic nitrogens is 3. The Bertz CT molecular complexity index is 1570. The Hall–Kier alpha value is -4.14. The Balaban J connectivity index is 1.43. The van der Waals surface area contributed by atoms with E-state index in [0.29, 0.717) is 22.1 Å². The highest BCUT2D eigenvalue weighted by Gasteiger charge is 2.29. The predicted molar refractivity (Wildman–Crippen MR) is 141 cm³/mol. The number of rotatable bonds is 6. The average Bonchev–Trinajstić information content (AvgIpc) is 3.43. The van der Waals surface area contributed by atoms with E-state index in [1.54, 1.807) is 6.92 Å². The van der Waals surface area contributed by atoms with Crippen LogP contribution in [0, 0.1) is 18.3 Å². The number of nitrogens with zero attached hydrogens (tertiary/aromatic N) is 6. The Morgan fingerprint density at radius 1 is 1.17 bits per heavy atom. The molecule has 2 amide bonds. The minimum Gasteiger partial charge on any atom is -0.301 e. The zero-order chi connectivity index (χ0) is 25.2. The first-order valence-corrected chi connectivity index (χ1v) is 12.8. The predicted octanol–water partition coefficient (Wildman–Crippen LogP) is 4.78. The number of nitrogens with one attached hydrogen (secondary N) is 1. The molecule has 4 aromatic rings. The van der Waals surface area contributed by atoms with Crippen molar-refractivity contribution in [3.05, 3.63) is 59.7 Å². The van der Waals surface area contributed by atoms with Crippen molar-refractivity contribution in [1.29, 1.82) is 5.26 Å². The summed E-state index contributed by atoms with van der Waals surface area (Å²) in [5.41, 5.74) is 3.79. The quantitative estimate of drug-likeness (QED) is 0.291. The third kappa shape index (κ3) is 4.82. The van der Waals surface area contributed by atoms with Gasteiger partial charge in [0, 0.05) is 11.3 Å². The first kappa shape index (κ1) is 23.6. The van der Waals surface area contributed by atoms with Crippen LogP contribution in [0.4, 0.5) is 10.9 Å². The van der Waals surface area contributed by atoms with Gasteiger partial charge in [-0.05, 0) is 31.5 Å². The molecule has 9 nitrogen and oxygen atoms in total. The molecule has 0 saturated carbocycles. The summed E-state index contributed by atoms with van der Waals surface area (Å²) >= 11 is 2.51. The number of hydrazone groups is 1. The SMILES string of the molecule is CC1=NN(c2nc(SCC(=O)Nc3nc4ccc(C)cc4s3)nc(-c3ccccc3)c2C#N)C(=O)C1. The van der Waals surface area contributed by atoms with Gasteiger partial charge < -0.3 is 5.32 Å². The zero-order valence-electron chi connectivity index (χ0n) is 19.3. The van der Waals surface area contributed by atoms with Gasteiger partial charge in [-0.3, -0.25) is 9.59 Å². The minimum atomic E-state index is -0.276. The lowest BCUT2D eigenvalue weighted by Gasteiger charge is -2.16. The first-order valence-electron chi connectivity index (χ1n) is 11.0. The number of thioether (sulfide) groups is 1. The van der Waals surface area contributed by atoms with Gasteiger partial charge in [-0.1, -0.05) is 59.5 Å². The number of thiazole rings is 1. The van der Waals surface area contributed by atoms with Crippen LogP contribution in [0.3, 0.4) is 0 Å². The molecule has 5 rings (SSSR count). The van der Waals surface area contributed by atoms with Crippen LogP contribution in [0.1, 0.15) is 24.5 Å². The van der Waals surface area contributed by atoms with Crippen molar-refractivity contribution in [3.63, 3.8) is 0 Å². The Kier molecular flexibility index (Phi) is 6.45. The van der Waals surface area contributed by atoms with Crippen LogP contribution in [0.5, 0.6) is 0 Å². The van der Waals surface area contributed by atoms with Crippen LogP contribution in [-0.2, 0) is 9.59 Å². The number of hydrogen-bond donors (Lipinski definition) is 1. The highest BCUT2D eigenvalue weighted by Crippen LogP contribution is 2.33. The number of carbonyl (C=O) groups excluding carboxylic acids is 2. The molecule has 0 aliphatic carbocycles. The number of anilines is 2. The average molecular weight is 514 g/mol. The van der Waals surface area contributed by atoms with E-state index >= 15 is 0 Å². The smallest absolute Gasteiger partial charge is 0.254 e. The van der Waals surface area contributed by atoms with Crippen molar-refractivity contribution >= 4 is 61.8 Å².